The number of nitrogens with zero attached hydrogens (tertiary/aromatic N) is 2. The van der Waals surface area contributed by atoms with Crippen LogP contribution in [0.3, 0.4) is 0 Å². The standard InChI is InChI=1S/C16H22N2O5S2/c1-17(14-8-11-24(20,21)12-14)25(22,23)15-6-4-13(5-7-15)16(19)18-9-2-3-10-18/h4-7,14H,2-3,8-12H2,1H3. The van der Waals surface area contributed by atoms with Crippen molar-refractivity contribution >= 4 is 25.8 Å². The first-order valence-corrected chi connectivity index (χ1v) is 11.5. The van der Waals surface area contributed by atoms with Gasteiger partial charge in [0.05, 0.1) is 16.4 Å². The van der Waals surface area contributed by atoms with E-state index >= 15 is 0 Å². The summed E-state index contributed by atoms with van der Waals surface area (Å²) in [6.45, 7) is 1.47. The van der Waals surface area contributed by atoms with Gasteiger partial charge in [0.15, 0.2) is 9.84 Å². The van der Waals surface area contributed by atoms with Crippen molar-refractivity contribution < 1.29 is 21.6 Å². The van der Waals surface area contributed by atoms with E-state index in [0.29, 0.717) is 12.0 Å². The van der Waals surface area contributed by atoms with E-state index in [1.807, 2.05) is 0 Å². The van der Waals surface area contributed by atoms with Gasteiger partial charge >= 0.3 is 0 Å². The Labute approximate surface area is 148 Å². The Morgan fingerprint density at radius 1 is 1.16 bits per heavy atom. The number of sulfone groups is 1. The Hall–Kier alpha value is -1.45. The molecule has 2 saturated heterocycles. The van der Waals surface area contributed by atoms with Crippen LogP contribution in [0.25, 0.3) is 0 Å². The molecule has 1 amide bonds. The Morgan fingerprint density at radius 3 is 2.28 bits per heavy atom. The molecule has 7 nitrogen and oxygen atoms in total. The van der Waals surface area contributed by atoms with Crippen LogP contribution < -0.4 is 0 Å². The van der Waals surface area contributed by atoms with Gasteiger partial charge in [-0.1, -0.05) is 0 Å². The zero-order valence-electron chi connectivity index (χ0n) is 14.1. The van der Waals surface area contributed by atoms with Gasteiger partial charge in [0.2, 0.25) is 10.0 Å². The number of benzene rings is 1. The highest BCUT2D eigenvalue weighted by Crippen LogP contribution is 2.24. The third-order valence-corrected chi connectivity index (χ3v) is 8.57. The fourth-order valence-electron chi connectivity index (χ4n) is 3.30. The molecule has 0 aromatic heterocycles. The lowest BCUT2D eigenvalue weighted by molar-refractivity contribution is 0.0792. The van der Waals surface area contributed by atoms with Gasteiger partial charge in [-0.2, -0.15) is 4.31 Å². The molecule has 0 saturated carbocycles. The average molecular weight is 386 g/mol. The molecule has 0 radical (unpaired) electrons. The van der Waals surface area contributed by atoms with Crippen molar-refractivity contribution in [1.82, 2.24) is 9.21 Å². The predicted molar refractivity (Wildman–Crippen MR) is 93.6 cm³/mol. The van der Waals surface area contributed by atoms with E-state index in [1.165, 1.54) is 31.3 Å². The van der Waals surface area contributed by atoms with Gasteiger partial charge in [-0.3, -0.25) is 4.79 Å². The molecule has 1 unspecified atom stereocenters. The zero-order chi connectivity index (χ0) is 18.2. The van der Waals surface area contributed by atoms with Crippen LogP contribution in [0, 0.1) is 0 Å². The van der Waals surface area contributed by atoms with E-state index in [-0.39, 0.29) is 22.3 Å². The maximum atomic E-state index is 12.7. The molecular weight excluding hydrogens is 364 g/mol. The van der Waals surface area contributed by atoms with Crippen LogP contribution >= 0.6 is 0 Å². The lowest BCUT2D eigenvalue weighted by Gasteiger charge is -2.23. The highest BCUT2D eigenvalue weighted by Gasteiger charge is 2.36. The largest absolute Gasteiger partial charge is 0.339 e. The van der Waals surface area contributed by atoms with Crippen molar-refractivity contribution in [1.29, 1.82) is 0 Å². The SMILES string of the molecule is CN(C1CCS(=O)(=O)C1)S(=O)(=O)c1ccc(C(=O)N2CCCC2)cc1. The molecule has 25 heavy (non-hydrogen) atoms. The molecule has 0 aliphatic carbocycles. The molecule has 2 fully saturated rings. The van der Waals surface area contributed by atoms with E-state index in [9.17, 15) is 21.6 Å². The first-order chi connectivity index (χ1) is 11.7. The highest BCUT2D eigenvalue weighted by molar-refractivity contribution is 7.92. The summed E-state index contributed by atoms with van der Waals surface area (Å²) in [7, 11) is -5.55. The van der Waals surface area contributed by atoms with Crippen molar-refractivity contribution in [2.75, 3.05) is 31.6 Å². The van der Waals surface area contributed by atoms with Gasteiger partial charge in [-0.25, -0.2) is 16.8 Å². The van der Waals surface area contributed by atoms with Crippen molar-refractivity contribution in [3.8, 4) is 0 Å². The van der Waals surface area contributed by atoms with E-state index in [4.69, 9.17) is 0 Å². The fraction of sp³-hybridized carbons (Fsp3) is 0.562. The van der Waals surface area contributed by atoms with E-state index in [2.05, 4.69) is 0 Å². The molecule has 2 aliphatic rings. The van der Waals surface area contributed by atoms with E-state index in [0.717, 1.165) is 30.2 Å². The highest BCUT2D eigenvalue weighted by atomic mass is 32.2. The summed E-state index contributed by atoms with van der Waals surface area (Å²) in [4.78, 5) is 14.2. The number of carbonyl (C=O) groups is 1. The van der Waals surface area contributed by atoms with Crippen LogP contribution in [0.5, 0.6) is 0 Å². The summed E-state index contributed by atoms with van der Waals surface area (Å²) in [5.41, 5.74) is 0.465. The molecule has 138 valence electrons. The van der Waals surface area contributed by atoms with Gasteiger partial charge in [0.1, 0.15) is 0 Å². The predicted octanol–water partition coefficient (Wildman–Crippen LogP) is 0.730. The summed E-state index contributed by atoms with van der Waals surface area (Å²) in [5.74, 6) is -0.216. The van der Waals surface area contributed by atoms with Crippen molar-refractivity contribution in [2.24, 2.45) is 0 Å². The quantitative estimate of drug-likeness (QED) is 0.761. The minimum atomic E-state index is -3.79. The molecule has 1 atom stereocenters. The Morgan fingerprint density at radius 2 is 1.76 bits per heavy atom. The third kappa shape index (κ3) is 3.73. The van der Waals surface area contributed by atoms with Crippen molar-refractivity contribution in [2.45, 2.75) is 30.2 Å². The lowest BCUT2D eigenvalue weighted by Crippen LogP contribution is -2.37. The summed E-state index contributed by atoms with van der Waals surface area (Å²) < 4.78 is 49.7. The van der Waals surface area contributed by atoms with Crippen LogP contribution in [0.4, 0.5) is 0 Å². The number of amides is 1. The minimum absolute atomic E-state index is 0.0147. The van der Waals surface area contributed by atoms with Gasteiger partial charge in [0, 0.05) is 31.7 Å². The molecule has 1 aromatic carbocycles. The number of hydrogen-bond acceptors (Lipinski definition) is 5. The fourth-order valence-corrected chi connectivity index (χ4v) is 6.55. The van der Waals surface area contributed by atoms with Gasteiger partial charge < -0.3 is 4.90 Å². The summed E-state index contributed by atoms with van der Waals surface area (Å²) in [6.07, 6.45) is 2.30. The number of likely N-dealkylation sites (tertiary alicyclic amines) is 1. The second kappa shape index (κ2) is 6.69. The summed E-state index contributed by atoms with van der Waals surface area (Å²) in [5, 5.41) is 0. The monoisotopic (exact) mass is 386 g/mol. The topological polar surface area (TPSA) is 91.8 Å². The molecule has 0 N–H and O–H groups in total. The van der Waals surface area contributed by atoms with Crippen LogP contribution in [-0.4, -0.2) is 69.6 Å². The van der Waals surface area contributed by atoms with Crippen molar-refractivity contribution in [3.05, 3.63) is 29.8 Å². The molecule has 3 rings (SSSR count). The van der Waals surface area contributed by atoms with Gasteiger partial charge in [-0.15, -0.1) is 0 Å². The maximum absolute atomic E-state index is 12.7. The van der Waals surface area contributed by atoms with Gasteiger partial charge in [0.25, 0.3) is 5.91 Å². The lowest BCUT2D eigenvalue weighted by atomic mass is 10.2. The molecular formula is C16H22N2O5S2. The maximum Gasteiger partial charge on any atom is 0.253 e. The third-order valence-electron chi connectivity index (χ3n) is 4.89. The normalized spacial score (nSPS) is 23.3. The first kappa shape index (κ1) is 18.3. The van der Waals surface area contributed by atoms with Crippen LogP contribution in [0.1, 0.15) is 29.6 Å². The zero-order valence-corrected chi connectivity index (χ0v) is 15.7. The smallest absolute Gasteiger partial charge is 0.253 e. The molecule has 2 aliphatic heterocycles. The number of carbonyl (C=O) groups excluding carboxylic acids is 1. The van der Waals surface area contributed by atoms with Gasteiger partial charge in [-0.05, 0) is 43.5 Å². The van der Waals surface area contributed by atoms with E-state index in [1.54, 1.807) is 4.90 Å². The summed E-state index contributed by atoms with van der Waals surface area (Å²) >= 11 is 0. The minimum Gasteiger partial charge on any atom is -0.339 e. The molecule has 9 heteroatoms. The molecule has 0 spiro atoms. The Bertz CT molecular complexity index is 856. The molecule has 0 bridgehead atoms. The Kier molecular flexibility index (Phi) is 4.91. The molecule has 1 aromatic rings. The average Bonchev–Trinajstić information content (AvgIpc) is 3.23. The number of sulfonamides is 1. The number of hydrogen-bond donors (Lipinski definition) is 0. The Balaban J connectivity index is 1.77. The van der Waals surface area contributed by atoms with Crippen LogP contribution in [0.2, 0.25) is 0 Å². The van der Waals surface area contributed by atoms with Crippen LogP contribution in [-0.2, 0) is 19.9 Å². The molecule has 2 heterocycles. The first-order valence-electron chi connectivity index (χ1n) is 8.28. The summed E-state index contributed by atoms with van der Waals surface area (Å²) in [6, 6.07) is 5.33. The second-order valence-corrected chi connectivity index (χ2v) is 10.8. The van der Waals surface area contributed by atoms with E-state index < -0.39 is 25.9 Å². The van der Waals surface area contributed by atoms with Crippen molar-refractivity contribution in [3.63, 3.8) is 0 Å². The number of rotatable bonds is 4. The van der Waals surface area contributed by atoms with Crippen LogP contribution in [0.15, 0.2) is 29.2 Å². The second-order valence-electron chi connectivity index (χ2n) is 6.60.